The highest BCUT2D eigenvalue weighted by molar-refractivity contribution is 6.00. The number of hydrogen-bond donors (Lipinski definition) is 1. The summed E-state index contributed by atoms with van der Waals surface area (Å²) in [5.41, 5.74) is 2.09. The maximum absolute atomic E-state index is 12.9. The third-order valence-electron chi connectivity index (χ3n) is 5.46. The summed E-state index contributed by atoms with van der Waals surface area (Å²) in [6.45, 7) is 5.48. The van der Waals surface area contributed by atoms with Crippen LogP contribution in [-0.4, -0.2) is 73.8 Å². The van der Waals surface area contributed by atoms with Gasteiger partial charge in [0, 0.05) is 51.9 Å². The van der Waals surface area contributed by atoms with Crippen molar-refractivity contribution in [3.63, 3.8) is 0 Å². The van der Waals surface area contributed by atoms with Crippen molar-refractivity contribution in [2.24, 2.45) is 5.92 Å². The Kier molecular flexibility index (Phi) is 6.11. The van der Waals surface area contributed by atoms with E-state index in [-0.39, 0.29) is 30.1 Å². The number of rotatable bonds is 5. The van der Waals surface area contributed by atoms with Crippen molar-refractivity contribution in [3.8, 4) is 0 Å². The molecule has 1 unspecified atom stereocenters. The zero-order valence-corrected chi connectivity index (χ0v) is 16.1. The summed E-state index contributed by atoms with van der Waals surface area (Å²) in [6.07, 6.45) is 1.23. The van der Waals surface area contributed by atoms with E-state index in [2.05, 4.69) is 12.2 Å². The van der Waals surface area contributed by atoms with Crippen LogP contribution in [0.15, 0.2) is 24.3 Å². The molecule has 7 heteroatoms. The summed E-state index contributed by atoms with van der Waals surface area (Å²) in [7, 11) is 1.63. The molecule has 2 fully saturated rings. The number of carbonyl (C=O) groups excluding carboxylic acids is 3. The van der Waals surface area contributed by atoms with E-state index < -0.39 is 0 Å². The van der Waals surface area contributed by atoms with Gasteiger partial charge < -0.3 is 15.1 Å². The third kappa shape index (κ3) is 4.47. The number of hydrogen-bond acceptors (Lipinski definition) is 4. The molecule has 2 aliphatic heterocycles. The molecule has 2 aliphatic rings. The van der Waals surface area contributed by atoms with Crippen LogP contribution in [0.3, 0.4) is 0 Å². The minimum Gasteiger partial charge on any atom is -0.358 e. The smallest absolute Gasteiger partial charge is 0.233 e. The molecule has 0 radical (unpaired) electrons. The average molecular weight is 372 g/mol. The van der Waals surface area contributed by atoms with Crippen LogP contribution in [0, 0.1) is 5.92 Å². The van der Waals surface area contributed by atoms with E-state index in [1.807, 2.05) is 34.1 Å². The van der Waals surface area contributed by atoms with Crippen molar-refractivity contribution in [1.29, 1.82) is 0 Å². The molecule has 0 aromatic heterocycles. The first-order valence-corrected chi connectivity index (χ1v) is 9.62. The number of carbonyl (C=O) groups is 3. The Labute approximate surface area is 160 Å². The second-order valence-electron chi connectivity index (χ2n) is 7.20. The normalized spacial score (nSPS) is 20.8. The van der Waals surface area contributed by atoms with Crippen LogP contribution in [-0.2, 0) is 20.8 Å². The fourth-order valence-corrected chi connectivity index (χ4v) is 3.70. The SMILES string of the molecule is CCc1ccc(N2CC(C(=O)N3CCN(CC(=O)NC)CC3)CC2=O)cc1. The molecule has 27 heavy (non-hydrogen) atoms. The van der Waals surface area contributed by atoms with Gasteiger partial charge in [-0.15, -0.1) is 0 Å². The first-order chi connectivity index (χ1) is 13.0. The lowest BCUT2D eigenvalue weighted by molar-refractivity contribution is -0.137. The van der Waals surface area contributed by atoms with Gasteiger partial charge in [0.05, 0.1) is 12.5 Å². The van der Waals surface area contributed by atoms with Crippen LogP contribution in [0.25, 0.3) is 0 Å². The van der Waals surface area contributed by atoms with Crippen molar-refractivity contribution in [2.45, 2.75) is 19.8 Å². The molecule has 2 saturated heterocycles. The summed E-state index contributed by atoms with van der Waals surface area (Å²) in [6, 6.07) is 7.98. The van der Waals surface area contributed by atoms with Gasteiger partial charge in [-0.2, -0.15) is 0 Å². The van der Waals surface area contributed by atoms with E-state index in [0.29, 0.717) is 39.3 Å². The van der Waals surface area contributed by atoms with Gasteiger partial charge in [0.2, 0.25) is 17.7 Å². The number of aryl methyl sites for hydroxylation is 1. The summed E-state index contributed by atoms with van der Waals surface area (Å²) in [4.78, 5) is 42.4. The predicted octanol–water partition coefficient (Wildman–Crippen LogP) is 0.492. The Morgan fingerprint density at radius 3 is 2.37 bits per heavy atom. The van der Waals surface area contributed by atoms with Gasteiger partial charge in [-0.05, 0) is 24.1 Å². The second-order valence-corrected chi connectivity index (χ2v) is 7.20. The average Bonchev–Trinajstić information content (AvgIpc) is 3.09. The predicted molar refractivity (Wildman–Crippen MR) is 103 cm³/mol. The topological polar surface area (TPSA) is 73.0 Å². The number of nitrogens with zero attached hydrogens (tertiary/aromatic N) is 3. The zero-order valence-electron chi connectivity index (χ0n) is 16.1. The summed E-state index contributed by atoms with van der Waals surface area (Å²) >= 11 is 0. The first kappa shape index (κ1) is 19.4. The number of nitrogens with one attached hydrogen (secondary N) is 1. The van der Waals surface area contributed by atoms with Gasteiger partial charge in [-0.25, -0.2) is 0 Å². The quantitative estimate of drug-likeness (QED) is 0.817. The largest absolute Gasteiger partial charge is 0.358 e. The van der Waals surface area contributed by atoms with Gasteiger partial charge in [-0.3, -0.25) is 19.3 Å². The van der Waals surface area contributed by atoms with E-state index in [0.717, 1.165) is 12.1 Å². The molecule has 1 N–H and O–H groups in total. The molecule has 1 atom stereocenters. The summed E-state index contributed by atoms with van der Waals surface area (Å²) in [5.74, 6) is -0.235. The molecule has 1 aromatic carbocycles. The lowest BCUT2D eigenvalue weighted by Gasteiger charge is -2.35. The van der Waals surface area contributed by atoms with Gasteiger partial charge in [0.1, 0.15) is 0 Å². The summed E-state index contributed by atoms with van der Waals surface area (Å²) < 4.78 is 0. The Hall–Kier alpha value is -2.41. The molecule has 0 spiro atoms. The Morgan fingerprint density at radius 2 is 1.78 bits per heavy atom. The molecule has 0 bridgehead atoms. The fourth-order valence-electron chi connectivity index (χ4n) is 3.70. The third-order valence-corrected chi connectivity index (χ3v) is 5.46. The molecule has 3 amide bonds. The molecule has 0 saturated carbocycles. The van der Waals surface area contributed by atoms with Crippen molar-refractivity contribution >= 4 is 23.4 Å². The standard InChI is InChI=1S/C20H28N4O3/c1-3-15-4-6-17(7-5-15)24-13-16(12-19(24)26)20(27)23-10-8-22(9-11-23)14-18(25)21-2/h4-7,16H,3,8-14H2,1-2H3,(H,21,25). The first-order valence-electron chi connectivity index (χ1n) is 9.62. The Balaban J connectivity index is 1.55. The molecule has 1 aromatic rings. The molecule has 146 valence electrons. The number of benzene rings is 1. The van der Waals surface area contributed by atoms with E-state index in [1.165, 1.54) is 5.56 Å². The molecule has 3 rings (SSSR count). The van der Waals surface area contributed by atoms with Crippen LogP contribution >= 0.6 is 0 Å². The number of piperazine rings is 1. The van der Waals surface area contributed by atoms with Crippen molar-refractivity contribution in [3.05, 3.63) is 29.8 Å². The van der Waals surface area contributed by atoms with Crippen molar-refractivity contribution < 1.29 is 14.4 Å². The van der Waals surface area contributed by atoms with E-state index in [1.54, 1.807) is 11.9 Å². The summed E-state index contributed by atoms with van der Waals surface area (Å²) in [5, 5.41) is 2.62. The van der Waals surface area contributed by atoms with E-state index in [4.69, 9.17) is 0 Å². The molecule has 7 nitrogen and oxygen atoms in total. The minimum atomic E-state index is -0.283. The molecule has 2 heterocycles. The number of anilines is 1. The van der Waals surface area contributed by atoms with E-state index >= 15 is 0 Å². The van der Waals surface area contributed by atoms with Gasteiger partial charge in [0.25, 0.3) is 0 Å². The molecular formula is C20H28N4O3. The van der Waals surface area contributed by atoms with E-state index in [9.17, 15) is 14.4 Å². The number of amides is 3. The Morgan fingerprint density at radius 1 is 1.11 bits per heavy atom. The highest BCUT2D eigenvalue weighted by Crippen LogP contribution is 2.27. The van der Waals surface area contributed by atoms with Crippen LogP contribution in [0.1, 0.15) is 18.9 Å². The van der Waals surface area contributed by atoms with Gasteiger partial charge in [-0.1, -0.05) is 19.1 Å². The lowest BCUT2D eigenvalue weighted by atomic mass is 10.1. The number of likely N-dealkylation sites (N-methyl/N-ethyl adjacent to an activating group) is 1. The second kappa shape index (κ2) is 8.52. The van der Waals surface area contributed by atoms with Crippen LogP contribution < -0.4 is 10.2 Å². The minimum absolute atomic E-state index is 0.0100. The van der Waals surface area contributed by atoms with Crippen LogP contribution in [0.4, 0.5) is 5.69 Å². The fraction of sp³-hybridized carbons (Fsp3) is 0.550. The maximum Gasteiger partial charge on any atom is 0.233 e. The lowest BCUT2D eigenvalue weighted by Crippen LogP contribution is -2.52. The van der Waals surface area contributed by atoms with Crippen LogP contribution in [0.2, 0.25) is 0 Å². The monoisotopic (exact) mass is 372 g/mol. The van der Waals surface area contributed by atoms with Gasteiger partial charge in [0.15, 0.2) is 0 Å². The molecule has 0 aliphatic carbocycles. The highest BCUT2D eigenvalue weighted by atomic mass is 16.2. The van der Waals surface area contributed by atoms with Crippen molar-refractivity contribution in [1.82, 2.24) is 15.1 Å². The van der Waals surface area contributed by atoms with Crippen molar-refractivity contribution in [2.75, 3.05) is 51.2 Å². The van der Waals surface area contributed by atoms with Crippen LogP contribution in [0.5, 0.6) is 0 Å². The van der Waals surface area contributed by atoms with Gasteiger partial charge >= 0.3 is 0 Å². The highest BCUT2D eigenvalue weighted by Gasteiger charge is 2.37. The Bertz CT molecular complexity index is 696. The zero-order chi connectivity index (χ0) is 19.4. The molecular weight excluding hydrogens is 344 g/mol. The maximum atomic E-state index is 12.9.